The molecular weight excluding hydrogens is 417 g/mol. The van der Waals surface area contributed by atoms with Crippen molar-refractivity contribution in [3.05, 3.63) is 30.5 Å². The van der Waals surface area contributed by atoms with Gasteiger partial charge in [-0.25, -0.2) is 0 Å². The van der Waals surface area contributed by atoms with Gasteiger partial charge in [-0.2, -0.15) is 18.2 Å². The van der Waals surface area contributed by atoms with Crippen molar-refractivity contribution >= 4 is 29.3 Å². The van der Waals surface area contributed by atoms with E-state index in [1.807, 2.05) is 5.32 Å². The molecule has 127 valence electrons. The molecule has 1 rings (SSSR count). The Hall–Kier alpha value is -1.19. The molecule has 0 bridgehead atoms. The van der Waals surface area contributed by atoms with Gasteiger partial charge in [-0.15, -0.1) is 0 Å². The van der Waals surface area contributed by atoms with Crippen molar-refractivity contribution in [3.8, 4) is 5.88 Å². The van der Waals surface area contributed by atoms with Crippen LogP contribution in [0.3, 0.4) is 0 Å². The summed E-state index contributed by atoms with van der Waals surface area (Å²) in [5.41, 5.74) is -1.16. The fourth-order valence-electron chi connectivity index (χ4n) is 1.15. The number of rotatable bonds is 3. The first-order valence-electron chi connectivity index (χ1n) is 5.57. The number of hydrogen-bond acceptors (Lipinski definition) is 4. The van der Waals surface area contributed by atoms with Gasteiger partial charge in [0.1, 0.15) is 10.8 Å². The molecule has 1 aromatic heterocycles. The number of carboxylic acids is 1. The Balaban J connectivity index is 0. The van der Waals surface area contributed by atoms with Gasteiger partial charge in [0.15, 0.2) is 5.97 Å². The number of nitrogens with one attached hydrogen (secondary N) is 1. The zero-order valence-electron chi connectivity index (χ0n) is 11.9. The number of amides is 1. The van der Waals surface area contributed by atoms with E-state index in [1.54, 1.807) is 6.92 Å². The molecule has 0 aromatic carbocycles. The number of anilines is 1. The van der Waals surface area contributed by atoms with Gasteiger partial charge >= 0.3 is 6.18 Å². The van der Waals surface area contributed by atoms with Crippen molar-refractivity contribution in [1.82, 2.24) is 4.98 Å². The number of alkyl halides is 3. The molecule has 0 saturated heterocycles. The number of carbonyl (C=O) groups is 2. The van der Waals surface area contributed by atoms with Crippen molar-refractivity contribution in [3.63, 3.8) is 0 Å². The van der Waals surface area contributed by atoms with Gasteiger partial charge < -0.3 is 26.9 Å². The fraction of sp³-hybridized carbons (Fsp3) is 0.250. The Bertz CT molecular complexity index is 552. The molecule has 2 N–H and O–H groups in total. The van der Waals surface area contributed by atoms with Crippen LogP contribution in [0, 0.1) is 13.8 Å². The number of hydrogen-bond donors (Lipinski definition) is 2. The third-order valence-electron chi connectivity index (χ3n) is 1.79. The summed E-state index contributed by atoms with van der Waals surface area (Å²) in [4.78, 5) is 23.2. The molecule has 1 heterocycles. The molecule has 0 aliphatic carbocycles. The Morgan fingerprint density at radius 2 is 1.91 bits per heavy atom. The molecule has 23 heavy (non-hydrogen) atoms. The quantitative estimate of drug-likeness (QED) is 0.722. The van der Waals surface area contributed by atoms with E-state index in [-0.39, 0.29) is 50.2 Å². The summed E-state index contributed by atoms with van der Waals surface area (Å²) < 4.78 is 43.0. The summed E-state index contributed by atoms with van der Waals surface area (Å²) in [5.74, 6) is -2.87. The Kier molecular flexibility index (Phi) is 11.1. The second-order valence-electron chi connectivity index (χ2n) is 3.54. The molecule has 0 atom stereocenters. The summed E-state index contributed by atoms with van der Waals surface area (Å²) >= 11 is 5.61. The van der Waals surface area contributed by atoms with Gasteiger partial charge in [0.05, 0.1) is 18.1 Å². The SMILES string of the molecule is [CH2-]C(=O)Nc1nc(OCC)c(Cl)cc1C(F)(F)F.[CH2-]C(=O)O.[Y]. The molecule has 0 aliphatic heterocycles. The number of pyridine rings is 1. The van der Waals surface area contributed by atoms with Gasteiger partial charge in [0, 0.05) is 32.7 Å². The van der Waals surface area contributed by atoms with Gasteiger partial charge in [-0.1, -0.05) is 11.6 Å². The van der Waals surface area contributed by atoms with Crippen LogP contribution in [0.2, 0.25) is 5.02 Å². The second kappa shape index (κ2) is 10.6. The van der Waals surface area contributed by atoms with Crippen molar-refractivity contribution in [2.75, 3.05) is 11.9 Å². The van der Waals surface area contributed by atoms with E-state index in [0.717, 1.165) is 0 Å². The predicted octanol–water partition coefficient (Wildman–Crippen LogP) is 2.83. The molecule has 1 amide bonds. The van der Waals surface area contributed by atoms with E-state index < -0.39 is 29.4 Å². The minimum absolute atomic E-state index is 0. The van der Waals surface area contributed by atoms with Crippen LogP contribution in [-0.2, 0) is 48.5 Å². The monoisotopic (exact) mass is 429 g/mol. The summed E-state index contributed by atoms with van der Waals surface area (Å²) in [6.07, 6.45) is -4.70. The maximum Gasteiger partial charge on any atom is 0.420 e. The molecule has 0 saturated carbocycles. The topological polar surface area (TPSA) is 88.5 Å². The number of aliphatic carboxylic acids is 1. The van der Waals surface area contributed by atoms with E-state index >= 15 is 0 Å². The van der Waals surface area contributed by atoms with Crippen LogP contribution >= 0.6 is 11.6 Å². The zero-order chi connectivity index (χ0) is 17.5. The van der Waals surface area contributed by atoms with Crippen LogP contribution in [-0.4, -0.2) is 28.6 Å². The van der Waals surface area contributed by atoms with Crippen LogP contribution in [0.15, 0.2) is 6.07 Å². The third kappa shape index (κ3) is 9.52. The van der Waals surface area contributed by atoms with Crippen molar-refractivity contribution in [2.24, 2.45) is 0 Å². The summed E-state index contributed by atoms with van der Waals surface area (Å²) in [6.45, 7) is 7.28. The fourth-order valence-corrected chi connectivity index (χ4v) is 1.36. The van der Waals surface area contributed by atoms with Gasteiger partial charge in [0.2, 0.25) is 5.88 Å². The summed E-state index contributed by atoms with van der Waals surface area (Å²) in [7, 11) is 0. The number of ether oxygens (including phenoxy) is 1. The van der Waals surface area contributed by atoms with E-state index in [2.05, 4.69) is 18.8 Å². The molecule has 11 heteroatoms. The molecule has 6 nitrogen and oxygen atoms in total. The summed E-state index contributed by atoms with van der Waals surface area (Å²) in [5, 5.41) is 8.91. The Morgan fingerprint density at radius 3 is 2.26 bits per heavy atom. The van der Waals surface area contributed by atoms with Crippen molar-refractivity contribution in [2.45, 2.75) is 13.1 Å². The maximum absolute atomic E-state index is 12.7. The predicted molar refractivity (Wildman–Crippen MR) is 72.4 cm³/mol. The average Bonchev–Trinajstić information content (AvgIpc) is 2.30. The maximum atomic E-state index is 12.7. The summed E-state index contributed by atoms with van der Waals surface area (Å²) in [6, 6.07) is 0.644. The number of halogens is 4. The molecule has 1 aromatic rings. The number of carbonyl (C=O) groups excluding carboxylic acids is 1. The second-order valence-corrected chi connectivity index (χ2v) is 3.95. The molecule has 1 radical (unpaired) electrons. The number of carboxylic acid groups (broad SMARTS) is 1. The van der Waals surface area contributed by atoms with Crippen molar-refractivity contribution in [1.29, 1.82) is 0 Å². The zero-order valence-corrected chi connectivity index (χ0v) is 15.5. The molecule has 0 unspecified atom stereocenters. The smallest absolute Gasteiger partial charge is 0.420 e. The van der Waals surface area contributed by atoms with Crippen LogP contribution < -0.4 is 10.1 Å². The largest absolute Gasteiger partial charge is 0.503 e. The van der Waals surface area contributed by atoms with Crippen molar-refractivity contribution < 1.29 is 65.3 Å². The standard InChI is InChI=1S/C10H9ClF3N2O2.C2H3O2.Y/c1-3-18-9-7(11)4-6(10(12,13)14)8(16-9)15-5(2)17;1-2(3)4;/h4H,2-3H2,1H3,(H,15,16,17);1H2,(H,3,4);/q2*-1;. The van der Waals surface area contributed by atoms with E-state index in [9.17, 15) is 18.0 Å². The molecule has 0 spiro atoms. The number of nitrogens with zero attached hydrogens (tertiary/aromatic N) is 1. The first-order chi connectivity index (χ1) is 9.98. The Morgan fingerprint density at radius 1 is 1.43 bits per heavy atom. The minimum Gasteiger partial charge on any atom is -0.503 e. The normalized spacial score (nSPS) is 9.78. The molecule has 0 fully saturated rings. The van der Waals surface area contributed by atoms with Crippen LogP contribution in [0.4, 0.5) is 19.0 Å². The van der Waals surface area contributed by atoms with Crippen LogP contribution in [0.1, 0.15) is 12.5 Å². The average molecular weight is 430 g/mol. The van der Waals surface area contributed by atoms with Gasteiger partial charge in [-0.05, 0) is 13.0 Å². The van der Waals surface area contributed by atoms with Crippen LogP contribution in [0.25, 0.3) is 0 Å². The first kappa shape index (κ1) is 24.1. The van der Waals surface area contributed by atoms with E-state index in [0.29, 0.717) is 6.07 Å². The minimum atomic E-state index is -4.70. The Labute approximate surface area is 160 Å². The first-order valence-corrected chi connectivity index (χ1v) is 5.95. The third-order valence-corrected chi connectivity index (χ3v) is 2.06. The molecule has 0 aliphatic rings. The van der Waals surface area contributed by atoms with Gasteiger partial charge in [0.25, 0.3) is 0 Å². The van der Waals surface area contributed by atoms with Crippen LogP contribution in [0.5, 0.6) is 5.88 Å². The van der Waals surface area contributed by atoms with E-state index in [4.69, 9.17) is 26.2 Å². The van der Waals surface area contributed by atoms with E-state index in [1.165, 1.54) is 0 Å². The van der Waals surface area contributed by atoms with Gasteiger partial charge in [-0.3, -0.25) is 11.7 Å². The number of aromatic nitrogens is 1. The molecular formula is C12H12ClF3N2O4Y-2.